The summed E-state index contributed by atoms with van der Waals surface area (Å²) in [5.41, 5.74) is 0. The van der Waals surface area contributed by atoms with Crippen molar-refractivity contribution in [3.8, 4) is 0 Å². The van der Waals surface area contributed by atoms with Gasteiger partial charge < -0.3 is 4.74 Å². The third kappa shape index (κ3) is 15.5. The molecule has 0 bridgehead atoms. The molecule has 0 spiro atoms. The lowest BCUT2D eigenvalue weighted by Gasteiger charge is -2.06. The van der Waals surface area contributed by atoms with Crippen LogP contribution in [0.25, 0.3) is 0 Å². The number of unbranched alkanes of at least 4 members (excludes halogenated alkanes) is 12. The molecule has 0 saturated carbocycles. The van der Waals surface area contributed by atoms with E-state index in [0.29, 0.717) is 12.7 Å². The van der Waals surface area contributed by atoms with Gasteiger partial charge in [-0.05, 0) is 13.3 Å². The van der Waals surface area contributed by atoms with Crippen LogP contribution in [0.1, 0.15) is 104 Å². The monoisotopic (exact) mass is 312 g/mol. The Hall–Kier alpha value is -0.860. The first-order chi connectivity index (χ1) is 10.7. The van der Waals surface area contributed by atoms with Crippen molar-refractivity contribution in [2.75, 3.05) is 0 Å². The number of carbonyl (C=O) groups is 2. The number of aldehydes is 1. The summed E-state index contributed by atoms with van der Waals surface area (Å²) in [6.07, 6.45) is 17.3. The van der Waals surface area contributed by atoms with E-state index in [4.69, 9.17) is 4.74 Å². The summed E-state index contributed by atoms with van der Waals surface area (Å²) in [5.74, 6) is -0.248. The van der Waals surface area contributed by atoms with Gasteiger partial charge in [0.25, 0.3) is 0 Å². The van der Waals surface area contributed by atoms with Gasteiger partial charge in [0.2, 0.25) is 0 Å². The minimum absolute atomic E-state index is 0.248. The van der Waals surface area contributed by atoms with Crippen molar-refractivity contribution in [1.29, 1.82) is 0 Å². The molecule has 1 atom stereocenters. The molecule has 0 radical (unpaired) electrons. The zero-order valence-corrected chi connectivity index (χ0v) is 14.8. The second-order valence-electron chi connectivity index (χ2n) is 6.32. The lowest BCUT2D eigenvalue weighted by Crippen LogP contribution is -2.15. The van der Waals surface area contributed by atoms with Gasteiger partial charge in [0.1, 0.15) is 0 Å². The van der Waals surface area contributed by atoms with Crippen LogP contribution < -0.4 is 0 Å². The van der Waals surface area contributed by atoms with E-state index in [-0.39, 0.29) is 5.97 Å². The minimum atomic E-state index is -0.602. The number of rotatable bonds is 16. The average Bonchev–Trinajstić information content (AvgIpc) is 2.51. The topological polar surface area (TPSA) is 43.4 Å². The summed E-state index contributed by atoms with van der Waals surface area (Å²) >= 11 is 0. The maximum absolute atomic E-state index is 11.3. The van der Waals surface area contributed by atoms with Crippen LogP contribution in [0.15, 0.2) is 0 Å². The highest BCUT2D eigenvalue weighted by Crippen LogP contribution is 2.13. The Labute approximate surface area is 137 Å². The molecule has 0 heterocycles. The fraction of sp³-hybridized carbons (Fsp3) is 0.895. The molecule has 0 N–H and O–H groups in total. The predicted molar refractivity (Wildman–Crippen MR) is 91.9 cm³/mol. The normalized spacial score (nSPS) is 12.1. The molecule has 0 fully saturated rings. The van der Waals surface area contributed by atoms with E-state index in [2.05, 4.69) is 6.92 Å². The van der Waals surface area contributed by atoms with Crippen LogP contribution in [-0.4, -0.2) is 18.4 Å². The van der Waals surface area contributed by atoms with Gasteiger partial charge in [0.15, 0.2) is 12.4 Å². The van der Waals surface area contributed by atoms with Crippen LogP contribution in [0.2, 0.25) is 0 Å². The van der Waals surface area contributed by atoms with Crippen molar-refractivity contribution in [3.05, 3.63) is 0 Å². The number of ether oxygens (including phenoxy) is 1. The highest BCUT2D eigenvalue weighted by molar-refractivity contribution is 5.72. The maximum Gasteiger partial charge on any atom is 0.306 e. The first kappa shape index (κ1) is 21.1. The van der Waals surface area contributed by atoms with Gasteiger partial charge in [0, 0.05) is 6.42 Å². The second-order valence-corrected chi connectivity index (χ2v) is 6.32. The molecule has 22 heavy (non-hydrogen) atoms. The molecule has 0 aromatic carbocycles. The number of carbonyl (C=O) groups excluding carboxylic acids is 2. The molecule has 0 aliphatic heterocycles. The van der Waals surface area contributed by atoms with Crippen molar-refractivity contribution in [1.82, 2.24) is 0 Å². The zero-order valence-electron chi connectivity index (χ0n) is 14.8. The van der Waals surface area contributed by atoms with E-state index in [1.165, 1.54) is 70.6 Å². The smallest absolute Gasteiger partial charge is 0.306 e. The largest absolute Gasteiger partial charge is 0.455 e. The molecular weight excluding hydrogens is 276 g/mol. The Bertz CT molecular complexity index is 263. The first-order valence-corrected chi connectivity index (χ1v) is 9.35. The van der Waals surface area contributed by atoms with Gasteiger partial charge in [0.05, 0.1) is 0 Å². The molecule has 0 saturated heterocycles. The molecule has 0 rings (SSSR count). The molecular formula is C19H36O3. The Morgan fingerprint density at radius 1 is 0.818 bits per heavy atom. The SMILES string of the molecule is CCCCCCCCCCCCCCCC(=O)OC(C)C=O. The first-order valence-electron chi connectivity index (χ1n) is 9.35. The standard InChI is InChI=1S/C19H36O3/c1-3-4-5-6-7-8-9-10-11-12-13-14-15-16-19(21)22-18(2)17-20/h17-18H,3-16H2,1-2H3. The third-order valence-corrected chi connectivity index (χ3v) is 3.99. The lowest BCUT2D eigenvalue weighted by atomic mass is 10.0. The Morgan fingerprint density at radius 2 is 1.23 bits per heavy atom. The van der Waals surface area contributed by atoms with Crippen molar-refractivity contribution < 1.29 is 14.3 Å². The van der Waals surface area contributed by atoms with Crippen molar-refractivity contribution >= 4 is 12.3 Å². The highest BCUT2D eigenvalue weighted by atomic mass is 16.5. The quantitative estimate of drug-likeness (QED) is 0.212. The molecule has 0 aliphatic carbocycles. The summed E-state index contributed by atoms with van der Waals surface area (Å²) in [5, 5.41) is 0. The van der Waals surface area contributed by atoms with Gasteiger partial charge >= 0.3 is 5.97 Å². The molecule has 3 heteroatoms. The summed E-state index contributed by atoms with van der Waals surface area (Å²) in [7, 11) is 0. The van der Waals surface area contributed by atoms with Gasteiger partial charge in [-0.1, -0.05) is 84.0 Å². The van der Waals surface area contributed by atoms with Crippen LogP contribution in [-0.2, 0) is 14.3 Å². The zero-order chi connectivity index (χ0) is 16.5. The summed E-state index contributed by atoms with van der Waals surface area (Å²) < 4.78 is 4.90. The minimum Gasteiger partial charge on any atom is -0.455 e. The molecule has 1 unspecified atom stereocenters. The van der Waals surface area contributed by atoms with E-state index < -0.39 is 6.10 Å². The van der Waals surface area contributed by atoms with Crippen molar-refractivity contribution in [2.45, 2.75) is 110 Å². The molecule has 3 nitrogen and oxygen atoms in total. The fourth-order valence-electron chi connectivity index (χ4n) is 2.58. The molecule has 0 amide bonds. The molecule has 0 aliphatic rings. The van der Waals surface area contributed by atoms with Crippen molar-refractivity contribution in [3.63, 3.8) is 0 Å². The van der Waals surface area contributed by atoms with Crippen LogP contribution in [0.5, 0.6) is 0 Å². The molecule has 130 valence electrons. The van der Waals surface area contributed by atoms with Gasteiger partial charge in [-0.2, -0.15) is 0 Å². The van der Waals surface area contributed by atoms with Crippen molar-refractivity contribution in [2.24, 2.45) is 0 Å². The summed E-state index contributed by atoms with van der Waals surface area (Å²) in [4.78, 5) is 21.7. The fourth-order valence-corrected chi connectivity index (χ4v) is 2.58. The van der Waals surface area contributed by atoms with Crippen LogP contribution in [0.3, 0.4) is 0 Å². The predicted octanol–water partition coefficient (Wildman–Crippen LogP) is 5.60. The van der Waals surface area contributed by atoms with E-state index in [1.54, 1.807) is 6.92 Å². The van der Waals surface area contributed by atoms with Gasteiger partial charge in [-0.25, -0.2) is 0 Å². The number of hydrogen-bond acceptors (Lipinski definition) is 3. The number of esters is 1. The average molecular weight is 312 g/mol. The van der Waals surface area contributed by atoms with Crippen LogP contribution in [0.4, 0.5) is 0 Å². The molecule has 0 aromatic heterocycles. The summed E-state index contributed by atoms with van der Waals surface area (Å²) in [6.45, 7) is 3.85. The van der Waals surface area contributed by atoms with E-state index in [1.807, 2.05) is 0 Å². The van der Waals surface area contributed by atoms with E-state index >= 15 is 0 Å². The maximum atomic E-state index is 11.3. The van der Waals surface area contributed by atoms with Crippen LogP contribution >= 0.6 is 0 Å². The van der Waals surface area contributed by atoms with Gasteiger partial charge in [-0.3, -0.25) is 9.59 Å². The Morgan fingerprint density at radius 3 is 1.64 bits per heavy atom. The number of hydrogen-bond donors (Lipinski definition) is 0. The Kier molecular flexibility index (Phi) is 15.9. The molecule has 0 aromatic rings. The highest BCUT2D eigenvalue weighted by Gasteiger charge is 2.07. The van der Waals surface area contributed by atoms with Crippen LogP contribution in [0, 0.1) is 0 Å². The van der Waals surface area contributed by atoms with E-state index in [9.17, 15) is 9.59 Å². The lowest BCUT2D eigenvalue weighted by molar-refractivity contribution is -0.150. The summed E-state index contributed by atoms with van der Waals surface area (Å²) in [6, 6.07) is 0. The van der Waals surface area contributed by atoms with E-state index in [0.717, 1.165) is 12.8 Å². The Balaban J connectivity index is 3.14. The second kappa shape index (κ2) is 16.5. The third-order valence-electron chi connectivity index (χ3n) is 3.99. The van der Waals surface area contributed by atoms with Gasteiger partial charge in [-0.15, -0.1) is 0 Å².